The van der Waals surface area contributed by atoms with Gasteiger partial charge in [-0.15, -0.1) is 0 Å². The maximum atomic E-state index is 10.9. The summed E-state index contributed by atoms with van der Waals surface area (Å²) in [6.07, 6.45) is 2.34. The van der Waals surface area contributed by atoms with Crippen LogP contribution in [0.1, 0.15) is 10.4 Å². The molecule has 0 bridgehead atoms. The first-order chi connectivity index (χ1) is 9.36. The molecule has 0 N–H and O–H groups in total. The van der Waals surface area contributed by atoms with Crippen molar-refractivity contribution >= 4 is 17.1 Å². The molecule has 0 radical (unpaired) electrons. The lowest BCUT2D eigenvalue weighted by atomic mass is 10.1. The Morgan fingerprint density at radius 3 is 2.63 bits per heavy atom. The summed E-state index contributed by atoms with van der Waals surface area (Å²) in [6, 6.07) is 17.2. The summed E-state index contributed by atoms with van der Waals surface area (Å²) in [5, 5.41) is 2.23. The molecule has 19 heavy (non-hydrogen) atoms. The van der Waals surface area contributed by atoms with Crippen molar-refractivity contribution in [1.82, 2.24) is 4.98 Å². The SMILES string of the molecule is O=Cc1cccnc1Oc1ccc2ccccc2c1. The standard InChI is InChI=1S/C16H11NO2/c18-11-14-6-3-9-17-16(14)19-15-8-7-12-4-1-2-5-13(12)10-15/h1-11H. The molecule has 3 nitrogen and oxygen atoms in total. The molecule has 0 amide bonds. The van der Waals surface area contributed by atoms with Gasteiger partial charge in [0.2, 0.25) is 5.88 Å². The molecule has 3 rings (SSSR count). The summed E-state index contributed by atoms with van der Waals surface area (Å²) in [7, 11) is 0. The van der Waals surface area contributed by atoms with Crippen molar-refractivity contribution < 1.29 is 9.53 Å². The van der Waals surface area contributed by atoms with Gasteiger partial charge in [0.05, 0.1) is 5.56 Å². The fourth-order valence-electron chi connectivity index (χ4n) is 1.92. The van der Waals surface area contributed by atoms with Gasteiger partial charge in [-0.2, -0.15) is 0 Å². The first kappa shape index (κ1) is 11.4. The Kier molecular flexibility index (Phi) is 2.94. The smallest absolute Gasteiger partial charge is 0.229 e. The predicted molar refractivity (Wildman–Crippen MR) is 73.6 cm³/mol. The minimum atomic E-state index is 0.327. The number of aromatic nitrogens is 1. The van der Waals surface area contributed by atoms with Crippen molar-refractivity contribution in [2.75, 3.05) is 0 Å². The van der Waals surface area contributed by atoms with E-state index in [9.17, 15) is 4.79 Å². The number of rotatable bonds is 3. The van der Waals surface area contributed by atoms with Crippen LogP contribution in [0.4, 0.5) is 0 Å². The van der Waals surface area contributed by atoms with Gasteiger partial charge in [-0.25, -0.2) is 4.98 Å². The summed E-state index contributed by atoms with van der Waals surface area (Å²) in [5.74, 6) is 0.994. The van der Waals surface area contributed by atoms with E-state index in [1.165, 1.54) is 0 Å². The number of fused-ring (bicyclic) bond motifs is 1. The second-order valence-corrected chi connectivity index (χ2v) is 4.13. The highest BCUT2D eigenvalue weighted by molar-refractivity contribution is 5.84. The molecule has 0 spiro atoms. The lowest BCUT2D eigenvalue weighted by Crippen LogP contribution is -1.92. The summed E-state index contributed by atoms with van der Waals surface area (Å²) < 4.78 is 5.67. The van der Waals surface area contributed by atoms with Gasteiger partial charge >= 0.3 is 0 Å². The van der Waals surface area contributed by atoms with E-state index in [0.717, 1.165) is 17.1 Å². The Balaban J connectivity index is 1.99. The first-order valence-corrected chi connectivity index (χ1v) is 5.94. The van der Waals surface area contributed by atoms with Crippen LogP contribution >= 0.6 is 0 Å². The molecule has 3 aromatic rings. The quantitative estimate of drug-likeness (QED) is 0.662. The van der Waals surface area contributed by atoms with E-state index in [1.54, 1.807) is 18.3 Å². The van der Waals surface area contributed by atoms with E-state index in [0.29, 0.717) is 17.2 Å². The number of hydrogen-bond donors (Lipinski definition) is 0. The zero-order valence-electron chi connectivity index (χ0n) is 10.1. The summed E-state index contributed by atoms with van der Waals surface area (Å²) >= 11 is 0. The normalized spacial score (nSPS) is 10.3. The average molecular weight is 249 g/mol. The second-order valence-electron chi connectivity index (χ2n) is 4.13. The van der Waals surface area contributed by atoms with Gasteiger partial charge in [-0.3, -0.25) is 4.79 Å². The number of carbonyl (C=O) groups is 1. The number of aldehydes is 1. The van der Waals surface area contributed by atoms with E-state index in [2.05, 4.69) is 4.98 Å². The highest BCUT2D eigenvalue weighted by Gasteiger charge is 2.05. The third kappa shape index (κ3) is 2.31. The largest absolute Gasteiger partial charge is 0.438 e. The molecule has 1 heterocycles. The van der Waals surface area contributed by atoms with Crippen LogP contribution in [0.2, 0.25) is 0 Å². The van der Waals surface area contributed by atoms with Gasteiger partial charge in [0.15, 0.2) is 6.29 Å². The first-order valence-electron chi connectivity index (χ1n) is 5.94. The molecule has 0 saturated heterocycles. The third-order valence-corrected chi connectivity index (χ3v) is 2.86. The fraction of sp³-hybridized carbons (Fsp3) is 0. The van der Waals surface area contributed by atoms with Crippen LogP contribution in [0.15, 0.2) is 60.8 Å². The minimum Gasteiger partial charge on any atom is -0.438 e. The molecule has 3 heteroatoms. The van der Waals surface area contributed by atoms with Gasteiger partial charge < -0.3 is 4.74 Å². The minimum absolute atomic E-state index is 0.327. The van der Waals surface area contributed by atoms with Crippen molar-refractivity contribution in [3.63, 3.8) is 0 Å². The van der Waals surface area contributed by atoms with Crippen LogP contribution in [0.5, 0.6) is 11.6 Å². The zero-order chi connectivity index (χ0) is 13.1. The van der Waals surface area contributed by atoms with Gasteiger partial charge in [0, 0.05) is 6.20 Å². The molecule has 0 aliphatic heterocycles. The van der Waals surface area contributed by atoms with Crippen LogP contribution in [0.25, 0.3) is 10.8 Å². The van der Waals surface area contributed by atoms with E-state index in [1.807, 2.05) is 42.5 Å². The molecular weight excluding hydrogens is 238 g/mol. The Labute approximate surface area is 110 Å². The highest BCUT2D eigenvalue weighted by Crippen LogP contribution is 2.25. The molecule has 1 aromatic heterocycles. The summed E-state index contributed by atoms with van der Waals surface area (Å²) in [6.45, 7) is 0. The lowest BCUT2D eigenvalue weighted by Gasteiger charge is -2.07. The van der Waals surface area contributed by atoms with Crippen LogP contribution in [-0.2, 0) is 0 Å². The summed E-state index contributed by atoms with van der Waals surface area (Å²) in [5.41, 5.74) is 0.440. The number of ether oxygens (including phenoxy) is 1. The molecule has 0 atom stereocenters. The Morgan fingerprint density at radius 2 is 1.79 bits per heavy atom. The maximum absolute atomic E-state index is 10.9. The molecular formula is C16H11NO2. The number of benzene rings is 2. The van der Waals surface area contributed by atoms with Crippen LogP contribution in [0, 0.1) is 0 Å². The molecule has 0 aliphatic carbocycles. The third-order valence-electron chi connectivity index (χ3n) is 2.86. The molecule has 0 aliphatic rings. The highest BCUT2D eigenvalue weighted by atomic mass is 16.5. The van der Waals surface area contributed by atoms with Crippen LogP contribution in [0.3, 0.4) is 0 Å². The van der Waals surface area contributed by atoms with Crippen LogP contribution in [-0.4, -0.2) is 11.3 Å². The van der Waals surface area contributed by atoms with Gasteiger partial charge in [-0.1, -0.05) is 30.3 Å². The zero-order valence-corrected chi connectivity index (χ0v) is 10.1. The maximum Gasteiger partial charge on any atom is 0.229 e. The number of nitrogens with zero attached hydrogens (tertiary/aromatic N) is 1. The Bertz CT molecular complexity index is 737. The molecule has 0 saturated carbocycles. The average Bonchev–Trinajstić information content (AvgIpc) is 2.48. The topological polar surface area (TPSA) is 39.2 Å². The van der Waals surface area contributed by atoms with Crippen molar-refractivity contribution in [1.29, 1.82) is 0 Å². The van der Waals surface area contributed by atoms with Crippen molar-refractivity contribution in [2.45, 2.75) is 0 Å². The van der Waals surface area contributed by atoms with Crippen LogP contribution < -0.4 is 4.74 Å². The van der Waals surface area contributed by atoms with Crippen molar-refractivity contribution in [2.24, 2.45) is 0 Å². The Morgan fingerprint density at radius 1 is 0.947 bits per heavy atom. The monoisotopic (exact) mass is 249 g/mol. The number of hydrogen-bond acceptors (Lipinski definition) is 3. The Hall–Kier alpha value is -2.68. The predicted octanol–water partition coefficient (Wildman–Crippen LogP) is 3.84. The van der Waals surface area contributed by atoms with E-state index >= 15 is 0 Å². The van der Waals surface area contributed by atoms with Crippen molar-refractivity contribution in [3.05, 3.63) is 66.4 Å². The fourth-order valence-corrected chi connectivity index (χ4v) is 1.92. The van der Waals surface area contributed by atoms with E-state index < -0.39 is 0 Å². The van der Waals surface area contributed by atoms with Gasteiger partial charge in [0.25, 0.3) is 0 Å². The van der Waals surface area contributed by atoms with Gasteiger partial charge in [0.1, 0.15) is 5.75 Å². The van der Waals surface area contributed by atoms with E-state index in [-0.39, 0.29) is 0 Å². The lowest BCUT2D eigenvalue weighted by molar-refractivity contribution is 0.112. The molecule has 0 unspecified atom stereocenters. The number of pyridine rings is 1. The van der Waals surface area contributed by atoms with E-state index in [4.69, 9.17) is 4.74 Å². The molecule has 0 fully saturated rings. The summed E-state index contributed by atoms with van der Waals surface area (Å²) in [4.78, 5) is 15.0. The van der Waals surface area contributed by atoms with Crippen molar-refractivity contribution in [3.8, 4) is 11.6 Å². The number of carbonyl (C=O) groups excluding carboxylic acids is 1. The molecule has 2 aromatic carbocycles. The second kappa shape index (κ2) is 4.90. The van der Waals surface area contributed by atoms with Gasteiger partial charge in [-0.05, 0) is 35.0 Å². The molecule has 92 valence electrons.